The number of benzene rings is 1. The van der Waals surface area contributed by atoms with E-state index in [0.717, 1.165) is 23.0 Å². The summed E-state index contributed by atoms with van der Waals surface area (Å²) in [6.07, 6.45) is 6.50. The van der Waals surface area contributed by atoms with E-state index in [1.54, 1.807) is 0 Å². The van der Waals surface area contributed by atoms with Crippen LogP contribution in [0.15, 0.2) is 34.9 Å². The first-order chi connectivity index (χ1) is 9.67. The molecule has 0 amide bonds. The molecule has 3 nitrogen and oxygen atoms in total. The van der Waals surface area contributed by atoms with Gasteiger partial charge in [0.15, 0.2) is 0 Å². The predicted molar refractivity (Wildman–Crippen MR) is 85.2 cm³/mol. The van der Waals surface area contributed by atoms with Crippen molar-refractivity contribution < 1.29 is 0 Å². The largest absolute Gasteiger partial charge is 0.327 e. The van der Waals surface area contributed by atoms with E-state index in [2.05, 4.69) is 53.3 Å². The Balaban J connectivity index is 1.93. The van der Waals surface area contributed by atoms with E-state index in [9.17, 15) is 0 Å². The zero-order chi connectivity index (χ0) is 14.1. The van der Waals surface area contributed by atoms with Crippen LogP contribution in [-0.4, -0.2) is 15.8 Å². The van der Waals surface area contributed by atoms with Gasteiger partial charge in [-0.3, -0.25) is 0 Å². The van der Waals surface area contributed by atoms with Gasteiger partial charge in [-0.2, -0.15) is 5.10 Å². The van der Waals surface area contributed by atoms with E-state index >= 15 is 0 Å². The molecule has 1 saturated carbocycles. The maximum Gasteiger partial charge on any atom is 0.0678 e. The molecule has 2 N–H and O–H groups in total. The van der Waals surface area contributed by atoms with Crippen molar-refractivity contribution in [3.8, 4) is 5.69 Å². The minimum absolute atomic E-state index is 0.196. The van der Waals surface area contributed by atoms with Gasteiger partial charge in [-0.05, 0) is 55.5 Å². The van der Waals surface area contributed by atoms with Crippen molar-refractivity contribution in [2.75, 3.05) is 0 Å². The summed E-state index contributed by atoms with van der Waals surface area (Å²) in [5.74, 6) is 0.688. The lowest BCUT2D eigenvalue weighted by Gasteiger charge is -2.14. The minimum atomic E-state index is 0.196. The lowest BCUT2D eigenvalue weighted by molar-refractivity contribution is 0.642. The van der Waals surface area contributed by atoms with Crippen LogP contribution in [0.3, 0.4) is 0 Å². The first kappa shape index (κ1) is 13.8. The van der Waals surface area contributed by atoms with Gasteiger partial charge in [-0.25, -0.2) is 4.68 Å². The Morgan fingerprint density at radius 3 is 2.90 bits per heavy atom. The van der Waals surface area contributed by atoms with Gasteiger partial charge in [0.2, 0.25) is 0 Å². The van der Waals surface area contributed by atoms with Gasteiger partial charge >= 0.3 is 0 Å². The second-order valence-corrected chi connectivity index (χ2v) is 6.52. The molecule has 2 aromatic rings. The zero-order valence-electron chi connectivity index (χ0n) is 11.7. The summed E-state index contributed by atoms with van der Waals surface area (Å²) in [4.78, 5) is 0. The summed E-state index contributed by atoms with van der Waals surface area (Å²) in [5, 5.41) is 4.73. The molecule has 0 saturated heterocycles. The van der Waals surface area contributed by atoms with E-state index in [4.69, 9.17) is 10.8 Å². The third-order valence-corrected chi connectivity index (χ3v) is 4.39. The number of rotatable bonds is 5. The Kier molecular flexibility index (Phi) is 3.94. The summed E-state index contributed by atoms with van der Waals surface area (Å²) < 4.78 is 3.09. The van der Waals surface area contributed by atoms with E-state index in [0.29, 0.717) is 5.92 Å². The molecule has 0 bridgehead atoms. The molecule has 1 atom stereocenters. The monoisotopic (exact) mass is 333 g/mol. The van der Waals surface area contributed by atoms with Gasteiger partial charge in [0.25, 0.3) is 0 Å². The normalized spacial score (nSPS) is 16.4. The number of halogens is 1. The van der Waals surface area contributed by atoms with Crippen LogP contribution in [0.5, 0.6) is 0 Å². The molecule has 106 valence electrons. The number of aromatic nitrogens is 2. The fourth-order valence-corrected chi connectivity index (χ4v) is 2.85. The van der Waals surface area contributed by atoms with Crippen LogP contribution in [0.1, 0.15) is 43.4 Å². The van der Waals surface area contributed by atoms with Crippen molar-refractivity contribution in [2.24, 2.45) is 5.73 Å². The molecule has 0 aliphatic heterocycles. The van der Waals surface area contributed by atoms with Crippen LogP contribution in [0.25, 0.3) is 5.69 Å². The Bertz CT molecular complexity index is 602. The number of hydrogen-bond donors (Lipinski definition) is 1. The molecule has 1 fully saturated rings. The van der Waals surface area contributed by atoms with Gasteiger partial charge in [0.1, 0.15) is 0 Å². The van der Waals surface area contributed by atoms with Crippen LogP contribution in [0.4, 0.5) is 0 Å². The second kappa shape index (κ2) is 5.70. The van der Waals surface area contributed by atoms with Crippen LogP contribution < -0.4 is 5.73 Å². The number of nitrogens with two attached hydrogens (primary N) is 1. The van der Waals surface area contributed by atoms with Crippen molar-refractivity contribution in [1.82, 2.24) is 9.78 Å². The Morgan fingerprint density at radius 2 is 2.20 bits per heavy atom. The molecular formula is C16H20BrN3. The molecule has 1 aromatic heterocycles. The molecule has 3 rings (SSSR count). The van der Waals surface area contributed by atoms with E-state index in [-0.39, 0.29) is 6.04 Å². The third kappa shape index (κ3) is 2.96. The summed E-state index contributed by atoms with van der Waals surface area (Å²) in [5.41, 5.74) is 9.73. The molecule has 1 unspecified atom stereocenters. The SMILES string of the molecule is CCC(N)Cc1cc(Br)ccc1-n1ccc(C2CC2)n1. The second-order valence-electron chi connectivity index (χ2n) is 5.60. The maximum atomic E-state index is 6.12. The van der Waals surface area contributed by atoms with Gasteiger partial charge in [-0.1, -0.05) is 22.9 Å². The molecule has 1 aromatic carbocycles. The average molecular weight is 334 g/mol. The summed E-state index contributed by atoms with van der Waals surface area (Å²) in [6.45, 7) is 2.13. The van der Waals surface area contributed by atoms with E-state index < -0.39 is 0 Å². The van der Waals surface area contributed by atoms with Crippen molar-refractivity contribution in [2.45, 2.75) is 44.6 Å². The molecule has 20 heavy (non-hydrogen) atoms. The van der Waals surface area contributed by atoms with Gasteiger partial charge < -0.3 is 5.73 Å². The van der Waals surface area contributed by atoms with Crippen LogP contribution in [0.2, 0.25) is 0 Å². The van der Waals surface area contributed by atoms with Crippen molar-refractivity contribution in [3.05, 3.63) is 46.2 Å². The summed E-state index contributed by atoms with van der Waals surface area (Å²) in [6, 6.07) is 8.67. The highest BCUT2D eigenvalue weighted by Gasteiger charge is 2.26. The topological polar surface area (TPSA) is 43.8 Å². The Morgan fingerprint density at radius 1 is 1.40 bits per heavy atom. The zero-order valence-corrected chi connectivity index (χ0v) is 13.3. The van der Waals surface area contributed by atoms with Crippen molar-refractivity contribution >= 4 is 15.9 Å². The van der Waals surface area contributed by atoms with E-state index in [1.165, 1.54) is 24.1 Å². The highest BCUT2D eigenvalue weighted by atomic mass is 79.9. The quantitative estimate of drug-likeness (QED) is 0.904. The molecule has 1 aliphatic carbocycles. The molecule has 1 heterocycles. The number of hydrogen-bond acceptors (Lipinski definition) is 2. The fourth-order valence-electron chi connectivity index (χ4n) is 2.44. The van der Waals surface area contributed by atoms with Crippen LogP contribution >= 0.6 is 15.9 Å². The minimum Gasteiger partial charge on any atom is -0.327 e. The number of nitrogens with zero attached hydrogens (tertiary/aromatic N) is 2. The predicted octanol–water partition coefficient (Wildman–Crippen LogP) is 3.79. The third-order valence-electron chi connectivity index (χ3n) is 3.90. The maximum absolute atomic E-state index is 6.12. The van der Waals surface area contributed by atoms with Crippen LogP contribution in [0, 0.1) is 0 Å². The smallest absolute Gasteiger partial charge is 0.0678 e. The molecule has 4 heteroatoms. The molecule has 0 radical (unpaired) electrons. The van der Waals surface area contributed by atoms with Gasteiger partial charge in [-0.15, -0.1) is 0 Å². The lowest BCUT2D eigenvalue weighted by atomic mass is 10.0. The van der Waals surface area contributed by atoms with Crippen molar-refractivity contribution in [1.29, 1.82) is 0 Å². The average Bonchev–Trinajstić information content (AvgIpc) is 3.17. The van der Waals surface area contributed by atoms with Gasteiger partial charge in [0.05, 0.1) is 11.4 Å². The highest BCUT2D eigenvalue weighted by Crippen LogP contribution is 2.39. The van der Waals surface area contributed by atoms with Gasteiger partial charge in [0, 0.05) is 22.6 Å². The Labute approximate surface area is 128 Å². The van der Waals surface area contributed by atoms with Crippen molar-refractivity contribution in [3.63, 3.8) is 0 Å². The van der Waals surface area contributed by atoms with E-state index in [1.807, 2.05) is 4.68 Å². The highest BCUT2D eigenvalue weighted by molar-refractivity contribution is 9.10. The molecular weight excluding hydrogens is 314 g/mol. The standard InChI is InChI=1S/C16H20BrN3/c1-2-14(18)10-12-9-13(17)5-6-16(12)20-8-7-15(19-20)11-3-4-11/h5-9,11,14H,2-4,10,18H2,1H3. The molecule has 0 spiro atoms. The Hall–Kier alpha value is -1.13. The summed E-state index contributed by atoms with van der Waals surface area (Å²) >= 11 is 3.55. The first-order valence-corrected chi connectivity index (χ1v) is 8.06. The first-order valence-electron chi connectivity index (χ1n) is 7.27. The summed E-state index contributed by atoms with van der Waals surface area (Å²) in [7, 11) is 0. The fraction of sp³-hybridized carbons (Fsp3) is 0.438. The van der Waals surface area contributed by atoms with Crippen LogP contribution in [-0.2, 0) is 6.42 Å². The lowest BCUT2D eigenvalue weighted by Crippen LogP contribution is -2.22. The molecule has 1 aliphatic rings.